The molecule has 0 fully saturated rings. The van der Waals surface area contributed by atoms with Crippen molar-refractivity contribution in [2.45, 2.75) is 24.3 Å². The van der Waals surface area contributed by atoms with Gasteiger partial charge in [0.15, 0.2) is 11.5 Å². The van der Waals surface area contributed by atoms with Gasteiger partial charge in [-0.15, -0.1) is 12.4 Å². The maximum absolute atomic E-state index is 12.7. The summed E-state index contributed by atoms with van der Waals surface area (Å²) in [5.74, 6) is 0.664. The Morgan fingerprint density at radius 3 is 2.77 bits per heavy atom. The van der Waals surface area contributed by atoms with Gasteiger partial charge in [0.2, 0.25) is 10.0 Å². The smallest absolute Gasteiger partial charge is 0.240 e. The first-order valence-electron chi connectivity index (χ1n) is 9.42. The number of fused-ring (bicyclic) bond motifs is 2. The number of halogens is 1. The topological polar surface area (TPSA) is 97.1 Å². The van der Waals surface area contributed by atoms with Crippen LogP contribution >= 0.6 is 12.4 Å². The van der Waals surface area contributed by atoms with Gasteiger partial charge in [0.25, 0.3) is 0 Å². The molecule has 2 heterocycles. The zero-order chi connectivity index (χ0) is 20.3. The molecule has 1 atom stereocenters. The van der Waals surface area contributed by atoms with Crippen LogP contribution in [0.1, 0.15) is 12.8 Å². The van der Waals surface area contributed by atoms with Gasteiger partial charge in [0, 0.05) is 43.3 Å². The Morgan fingerprint density at radius 1 is 1.10 bits per heavy atom. The Kier molecular flexibility index (Phi) is 7.04. The number of aromatic nitrogens is 2. The third kappa shape index (κ3) is 5.14. The maximum atomic E-state index is 12.7. The molecule has 0 saturated heterocycles. The molecular weight excluding hydrogens is 424 g/mol. The van der Waals surface area contributed by atoms with Gasteiger partial charge < -0.3 is 9.73 Å². The van der Waals surface area contributed by atoms with Crippen molar-refractivity contribution in [1.29, 1.82) is 0 Å². The highest BCUT2D eigenvalue weighted by atomic mass is 35.5. The monoisotopic (exact) mass is 446 g/mol. The summed E-state index contributed by atoms with van der Waals surface area (Å²) in [6.07, 6.45) is 3.99. The molecule has 0 amide bonds. The number of pyridine rings is 1. The van der Waals surface area contributed by atoms with E-state index in [4.69, 9.17) is 4.42 Å². The SMILES string of the molecule is CC(CNCCc1nc2ccccc2o1)NS(=O)(=O)c1ccc2cnccc2c1.Cl. The molecule has 0 saturated carbocycles. The maximum Gasteiger partial charge on any atom is 0.240 e. The highest BCUT2D eigenvalue weighted by molar-refractivity contribution is 7.89. The molecule has 4 rings (SSSR count). The van der Waals surface area contributed by atoms with E-state index in [1.165, 1.54) is 0 Å². The average molecular weight is 447 g/mol. The predicted molar refractivity (Wildman–Crippen MR) is 119 cm³/mol. The lowest BCUT2D eigenvalue weighted by Crippen LogP contribution is -2.40. The molecule has 2 N–H and O–H groups in total. The zero-order valence-electron chi connectivity index (χ0n) is 16.4. The van der Waals surface area contributed by atoms with Crippen LogP contribution in [0.25, 0.3) is 21.9 Å². The Balaban J connectivity index is 0.00000256. The second-order valence-electron chi connectivity index (χ2n) is 6.94. The molecule has 0 aliphatic heterocycles. The fraction of sp³-hybridized carbons (Fsp3) is 0.238. The van der Waals surface area contributed by atoms with Gasteiger partial charge in [0.1, 0.15) is 5.52 Å². The van der Waals surface area contributed by atoms with Crippen molar-refractivity contribution in [2.24, 2.45) is 0 Å². The fourth-order valence-electron chi connectivity index (χ4n) is 3.14. The number of rotatable bonds is 8. The van der Waals surface area contributed by atoms with Crippen LogP contribution < -0.4 is 10.0 Å². The van der Waals surface area contributed by atoms with Crippen molar-refractivity contribution in [3.05, 3.63) is 66.8 Å². The second-order valence-corrected chi connectivity index (χ2v) is 8.65. The summed E-state index contributed by atoms with van der Waals surface area (Å²) in [6, 6.07) is 14.2. The van der Waals surface area contributed by atoms with Crippen molar-refractivity contribution in [3.8, 4) is 0 Å². The quantitative estimate of drug-likeness (QED) is 0.403. The fourth-order valence-corrected chi connectivity index (χ4v) is 4.42. The van der Waals surface area contributed by atoms with E-state index in [0.717, 1.165) is 21.9 Å². The summed E-state index contributed by atoms with van der Waals surface area (Å²) in [5.41, 5.74) is 1.62. The Hall–Kier alpha value is -2.52. The van der Waals surface area contributed by atoms with Crippen LogP contribution in [0.15, 0.2) is 70.2 Å². The summed E-state index contributed by atoms with van der Waals surface area (Å²) in [6.45, 7) is 2.97. The number of para-hydroxylation sites is 2. The molecule has 0 spiro atoms. The highest BCUT2D eigenvalue weighted by Crippen LogP contribution is 2.18. The minimum atomic E-state index is -3.60. The first-order valence-corrected chi connectivity index (χ1v) is 10.9. The van der Waals surface area contributed by atoms with E-state index in [-0.39, 0.29) is 23.3 Å². The van der Waals surface area contributed by atoms with Gasteiger partial charge in [-0.25, -0.2) is 18.1 Å². The van der Waals surface area contributed by atoms with E-state index in [1.54, 1.807) is 36.7 Å². The van der Waals surface area contributed by atoms with Gasteiger partial charge in [-0.2, -0.15) is 0 Å². The molecule has 0 radical (unpaired) electrons. The number of sulfonamides is 1. The van der Waals surface area contributed by atoms with Crippen LogP contribution in [0.2, 0.25) is 0 Å². The van der Waals surface area contributed by atoms with E-state index >= 15 is 0 Å². The average Bonchev–Trinajstić information content (AvgIpc) is 3.13. The number of hydrogen-bond donors (Lipinski definition) is 2. The van der Waals surface area contributed by atoms with Crippen LogP contribution in [0.5, 0.6) is 0 Å². The van der Waals surface area contributed by atoms with Gasteiger partial charge >= 0.3 is 0 Å². The Morgan fingerprint density at radius 2 is 1.93 bits per heavy atom. The standard InChI is InChI=1S/C21H22N4O3S.ClH/c1-15(13-22-11-9-21-24-19-4-2-3-5-20(19)28-21)25-29(26,27)18-7-6-17-14-23-10-8-16(17)12-18;/h2-8,10,12,14-15,22,25H,9,11,13H2,1H3;1H. The van der Waals surface area contributed by atoms with E-state index in [9.17, 15) is 8.42 Å². The summed E-state index contributed by atoms with van der Waals surface area (Å²) >= 11 is 0. The first kappa shape index (κ1) is 22.2. The molecule has 9 heteroatoms. The van der Waals surface area contributed by atoms with Crippen LogP contribution in [-0.4, -0.2) is 37.5 Å². The van der Waals surface area contributed by atoms with Crippen molar-refractivity contribution in [1.82, 2.24) is 20.0 Å². The van der Waals surface area contributed by atoms with Crippen LogP contribution in [0.4, 0.5) is 0 Å². The molecule has 0 aliphatic rings. The molecule has 158 valence electrons. The van der Waals surface area contributed by atoms with Crippen molar-refractivity contribution in [2.75, 3.05) is 13.1 Å². The lowest BCUT2D eigenvalue weighted by molar-refractivity contribution is 0.499. The van der Waals surface area contributed by atoms with Gasteiger partial charge in [-0.3, -0.25) is 4.98 Å². The zero-order valence-corrected chi connectivity index (χ0v) is 18.0. The molecule has 0 aliphatic carbocycles. The molecule has 2 aromatic heterocycles. The van der Waals surface area contributed by atoms with Crippen LogP contribution in [0.3, 0.4) is 0 Å². The third-order valence-electron chi connectivity index (χ3n) is 4.58. The minimum Gasteiger partial charge on any atom is -0.441 e. The van der Waals surface area contributed by atoms with Crippen molar-refractivity contribution < 1.29 is 12.8 Å². The highest BCUT2D eigenvalue weighted by Gasteiger charge is 2.17. The second kappa shape index (κ2) is 9.53. The molecule has 0 bridgehead atoms. The van der Waals surface area contributed by atoms with E-state index in [1.807, 2.05) is 31.2 Å². The summed E-state index contributed by atoms with van der Waals surface area (Å²) in [7, 11) is -3.60. The third-order valence-corrected chi connectivity index (χ3v) is 6.17. The lowest BCUT2D eigenvalue weighted by atomic mass is 10.2. The molecule has 2 aromatic carbocycles. The minimum absolute atomic E-state index is 0. The number of benzene rings is 2. The normalized spacial score (nSPS) is 12.7. The molecule has 1 unspecified atom stereocenters. The van der Waals surface area contributed by atoms with Crippen molar-refractivity contribution >= 4 is 44.3 Å². The predicted octanol–water partition coefficient (Wildman–Crippen LogP) is 3.30. The number of hydrogen-bond acceptors (Lipinski definition) is 6. The number of nitrogens with one attached hydrogen (secondary N) is 2. The van der Waals surface area contributed by atoms with E-state index in [0.29, 0.717) is 25.4 Å². The van der Waals surface area contributed by atoms with Crippen LogP contribution in [0, 0.1) is 0 Å². The van der Waals surface area contributed by atoms with E-state index in [2.05, 4.69) is 20.0 Å². The number of oxazole rings is 1. The van der Waals surface area contributed by atoms with E-state index < -0.39 is 10.0 Å². The first-order chi connectivity index (χ1) is 14.0. The Bertz CT molecular complexity index is 1210. The summed E-state index contributed by atoms with van der Waals surface area (Å²) < 4.78 is 33.7. The molecule has 4 aromatic rings. The van der Waals surface area contributed by atoms with Gasteiger partial charge in [-0.05, 0) is 42.6 Å². The van der Waals surface area contributed by atoms with Crippen LogP contribution in [-0.2, 0) is 16.4 Å². The van der Waals surface area contributed by atoms with Gasteiger partial charge in [0.05, 0.1) is 4.90 Å². The van der Waals surface area contributed by atoms with Crippen molar-refractivity contribution in [3.63, 3.8) is 0 Å². The number of nitrogens with zero attached hydrogens (tertiary/aromatic N) is 2. The lowest BCUT2D eigenvalue weighted by Gasteiger charge is -2.15. The molecule has 7 nitrogen and oxygen atoms in total. The Labute approximate surface area is 181 Å². The molecular formula is C21H23ClN4O3S. The molecule has 30 heavy (non-hydrogen) atoms. The van der Waals surface area contributed by atoms with Gasteiger partial charge in [-0.1, -0.05) is 18.2 Å². The summed E-state index contributed by atoms with van der Waals surface area (Å²) in [5, 5.41) is 4.99. The largest absolute Gasteiger partial charge is 0.441 e. The summed E-state index contributed by atoms with van der Waals surface area (Å²) in [4.78, 5) is 8.72.